The maximum absolute atomic E-state index is 5.85. The number of aromatic nitrogens is 2. The van der Waals surface area contributed by atoms with Crippen LogP contribution in [0, 0.1) is 0 Å². The molecule has 0 bridgehead atoms. The molecule has 1 unspecified atom stereocenters. The molecule has 1 fully saturated rings. The van der Waals surface area contributed by atoms with Crippen molar-refractivity contribution < 1.29 is 4.74 Å². The molecule has 4 nitrogen and oxygen atoms in total. The van der Waals surface area contributed by atoms with Crippen LogP contribution in [0.25, 0.3) is 0 Å². The number of hydrogen-bond acceptors (Lipinski definition) is 3. The first-order valence-corrected chi connectivity index (χ1v) is 5.73. The number of nitrogen functional groups attached to an aromatic ring is 1. The average molecular weight is 209 g/mol. The number of hydrogen-bond donors (Lipinski definition) is 2. The second-order valence-corrected chi connectivity index (χ2v) is 4.17. The first-order valence-electron chi connectivity index (χ1n) is 5.73. The zero-order valence-electron chi connectivity index (χ0n) is 9.25. The Hall–Kier alpha value is -1.03. The fraction of sp³-hybridized carbons (Fsp3) is 0.727. The number of nitrogens with one attached hydrogen (secondary N) is 1. The second kappa shape index (κ2) is 4.66. The largest absolute Gasteiger partial charge is 0.382 e. The minimum Gasteiger partial charge on any atom is -0.382 e. The van der Waals surface area contributed by atoms with Crippen LogP contribution in [0.2, 0.25) is 0 Å². The minimum absolute atomic E-state index is 0.463. The molecule has 0 aliphatic carbocycles. The maximum Gasteiger partial charge on any atom is 0.148 e. The second-order valence-electron chi connectivity index (χ2n) is 4.17. The van der Waals surface area contributed by atoms with Crippen molar-refractivity contribution in [3.8, 4) is 0 Å². The zero-order valence-corrected chi connectivity index (χ0v) is 9.25. The molecule has 2 heterocycles. The lowest BCUT2D eigenvalue weighted by atomic mass is 9.94. The monoisotopic (exact) mass is 209 g/mol. The lowest BCUT2D eigenvalue weighted by Gasteiger charge is -2.21. The molecule has 1 saturated heterocycles. The highest BCUT2D eigenvalue weighted by molar-refractivity contribution is 5.43. The van der Waals surface area contributed by atoms with Gasteiger partial charge in [0.1, 0.15) is 5.82 Å². The van der Waals surface area contributed by atoms with E-state index in [0.29, 0.717) is 11.7 Å². The summed E-state index contributed by atoms with van der Waals surface area (Å²) in [7, 11) is 0. The van der Waals surface area contributed by atoms with Gasteiger partial charge in [0.05, 0.1) is 6.61 Å². The highest BCUT2D eigenvalue weighted by Gasteiger charge is 2.22. The third-order valence-corrected chi connectivity index (χ3v) is 3.00. The van der Waals surface area contributed by atoms with Crippen molar-refractivity contribution in [1.82, 2.24) is 10.2 Å². The molecule has 1 aliphatic heterocycles. The Balaban J connectivity index is 2.18. The summed E-state index contributed by atoms with van der Waals surface area (Å²) in [5.41, 5.74) is 8.26. The number of aromatic amines is 1. The predicted octanol–water partition coefficient (Wildman–Crippen LogP) is 1.84. The van der Waals surface area contributed by atoms with Gasteiger partial charge in [0.25, 0.3) is 0 Å². The molecule has 3 N–H and O–H groups in total. The summed E-state index contributed by atoms with van der Waals surface area (Å²) in [6.45, 7) is 3.86. The Labute approximate surface area is 90.2 Å². The summed E-state index contributed by atoms with van der Waals surface area (Å²) in [4.78, 5) is 0. The number of nitrogens with zero attached hydrogens (tertiary/aromatic N) is 1. The Bertz CT molecular complexity index is 316. The number of ether oxygens (including phenoxy) is 1. The Morgan fingerprint density at radius 1 is 1.60 bits per heavy atom. The van der Waals surface area contributed by atoms with E-state index >= 15 is 0 Å². The topological polar surface area (TPSA) is 63.9 Å². The summed E-state index contributed by atoms with van der Waals surface area (Å²) in [5, 5.41) is 7.18. The van der Waals surface area contributed by atoms with E-state index in [0.717, 1.165) is 32.5 Å². The van der Waals surface area contributed by atoms with Crippen molar-refractivity contribution in [2.45, 2.75) is 38.5 Å². The van der Waals surface area contributed by atoms with Gasteiger partial charge in [0, 0.05) is 23.8 Å². The lowest BCUT2D eigenvalue weighted by molar-refractivity contribution is 0.0790. The third kappa shape index (κ3) is 2.15. The molecule has 1 aliphatic rings. The summed E-state index contributed by atoms with van der Waals surface area (Å²) >= 11 is 0. The van der Waals surface area contributed by atoms with E-state index in [1.165, 1.54) is 17.7 Å². The molecule has 0 aromatic carbocycles. The van der Waals surface area contributed by atoms with Gasteiger partial charge in [-0.1, -0.05) is 13.3 Å². The van der Waals surface area contributed by atoms with Gasteiger partial charge in [0.15, 0.2) is 0 Å². The van der Waals surface area contributed by atoms with Gasteiger partial charge in [-0.15, -0.1) is 0 Å². The van der Waals surface area contributed by atoms with Crippen LogP contribution in [-0.2, 0) is 11.2 Å². The minimum atomic E-state index is 0.463. The van der Waals surface area contributed by atoms with E-state index in [1.54, 1.807) is 0 Å². The smallest absolute Gasteiger partial charge is 0.148 e. The highest BCUT2D eigenvalue weighted by atomic mass is 16.5. The molecule has 15 heavy (non-hydrogen) atoms. The molecule has 0 saturated carbocycles. The number of H-pyrrole nitrogens is 1. The molecule has 0 spiro atoms. The van der Waals surface area contributed by atoms with Crippen molar-refractivity contribution >= 4 is 5.82 Å². The van der Waals surface area contributed by atoms with Crippen LogP contribution in [0.3, 0.4) is 0 Å². The third-order valence-electron chi connectivity index (χ3n) is 3.00. The van der Waals surface area contributed by atoms with E-state index in [1.807, 2.05) is 0 Å². The average Bonchev–Trinajstić information content (AvgIpc) is 2.63. The van der Waals surface area contributed by atoms with Gasteiger partial charge in [0.2, 0.25) is 0 Å². The predicted molar refractivity (Wildman–Crippen MR) is 59.8 cm³/mol. The summed E-state index contributed by atoms with van der Waals surface area (Å²) < 4.78 is 5.49. The SMILES string of the molecule is CCCc1c(N)n[nH]c1C1CCCOC1. The van der Waals surface area contributed by atoms with Gasteiger partial charge in [-0.05, 0) is 19.3 Å². The Morgan fingerprint density at radius 2 is 2.47 bits per heavy atom. The van der Waals surface area contributed by atoms with Crippen LogP contribution in [0.15, 0.2) is 0 Å². The van der Waals surface area contributed by atoms with Crippen LogP contribution in [0.5, 0.6) is 0 Å². The van der Waals surface area contributed by atoms with Crippen LogP contribution < -0.4 is 5.73 Å². The zero-order chi connectivity index (χ0) is 10.7. The first-order chi connectivity index (χ1) is 7.33. The van der Waals surface area contributed by atoms with E-state index in [9.17, 15) is 0 Å². The lowest BCUT2D eigenvalue weighted by Crippen LogP contribution is -2.17. The van der Waals surface area contributed by atoms with Gasteiger partial charge >= 0.3 is 0 Å². The van der Waals surface area contributed by atoms with Crippen molar-refractivity contribution in [3.63, 3.8) is 0 Å². The van der Waals surface area contributed by atoms with Crippen molar-refractivity contribution in [1.29, 1.82) is 0 Å². The highest BCUT2D eigenvalue weighted by Crippen LogP contribution is 2.29. The van der Waals surface area contributed by atoms with Crippen LogP contribution in [0.1, 0.15) is 43.4 Å². The normalized spacial score (nSPS) is 21.8. The Kier molecular flexibility index (Phi) is 3.26. The van der Waals surface area contributed by atoms with Crippen LogP contribution in [-0.4, -0.2) is 23.4 Å². The van der Waals surface area contributed by atoms with Gasteiger partial charge in [-0.3, -0.25) is 5.10 Å². The first kappa shape index (κ1) is 10.5. The molecule has 2 rings (SSSR count). The van der Waals surface area contributed by atoms with Crippen LogP contribution >= 0.6 is 0 Å². The molecular weight excluding hydrogens is 190 g/mol. The molecule has 1 aromatic rings. The number of anilines is 1. The molecule has 0 amide bonds. The Morgan fingerprint density at radius 3 is 3.13 bits per heavy atom. The standard InChI is InChI=1S/C11H19N3O/c1-2-4-9-10(13-14-11(9)12)8-5-3-6-15-7-8/h8H,2-7H2,1H3,(H3,12,13,14). The summed E-state index contributed by atoms with van der Waals surface area (Å²) in [6, 6.07) is 0. The molecule has 1 atom stereocenters. The molecule has 0 radical (unpaired) electrons. The summed E-state index contributed by atoms with van der Waals surface area (Å²) in [5.74, 6) is 1.13. The quantitative estimate of drug-likeness (QED) is 0.798. The van der Waals surface area contributed by atoms with Crippen molar-refractivity contribution in [3.05, 3.63) is 11.3 Å². The van der Waals surface area contributed by atoms with Crippen LogP contribution in [0.4, 0.5) is 5.82 Å². The van der Waals surface area contributed by atoms with Crippen molar-refractivity contribution in [2.75, 3.05) is 18.9 Å². The van der Waals surface area contributed by atoms with E-state index in [-0.39, 0.29) is 0 Å². The van der Waals surface area contributed by atoms with E-state index < -0.39 is 0 Å². The molecule has 4 heteroatoms. The number of rotatable bonds is 3. The van der Waals surface area contributed by atoms with E-state index in [4.69, 9.17) is 10.5 Å². The fourth-order valence-corrected chi connectivity index (χ4v) is 2.21. The fourth-order valence-electron chi connectivity index (χ4n) is 2.21. The molecule has 84 valence electrons. The number of nitrogens with two attached hydrogens (primary N) is 1. The van der Waals surface area contributed by atoms with Gasteiger partial charge < -0.3 is 10.5 Å². The van der Waals surface area contributed by atoms with Crippen molar-refractivity contribution in [2.24, 2.45) is 0 Å². The van der Waals surface area contributed by atoms with Gasteiger partial charge in [-0.2, -0.15) is 5.10 Å². The molecule has 1 aromatic heterocycles. The molecular formula is C11H19N3O. The van der Waals surface area contributed by atoms with E-state index in [2.05, 4.69) is 17.1 Å². The van der Waals surface area contributed by atoms with Gasteiger partial charge in [-0.25, -0.2) is 0 Å². The maximum atomic E-state index is 5.85. The summed E-state index contributed by atoms with van der Waals surface area (Å²) in [6.07, 6.45) is 4.42.